The topological polar surface area (TPSA) is 24.1 Å². The Morgan fingerprint density at radius 1 is 0.900 bits per heavy atom. The zero-order valence-electron chi connectivity index (χ0n) is 5.98. The fourth-order valence-electron chi connectivity index (χ4n) is 1.40. The molecule has 2 rings (SSSR count). The third kappa shape index (κ3) is 0.897. The van der Waals surface area contributed by atoms with Gasteiger partial charge in [-0.1, -0.05) is 12.2 Å². The normalized spacial score (nSPS) is 23.2. The maximum atomic E-state index is 3.35. The highest BCUT2D eigenvalue weighted by Crippen LogP contribution is 2.13. The molecular formula is C8H12N2. The van der Waals surface area contributed by atoms with Gasteiger partial charge < -0.3 is 10.6 Å². The van der Waals surface area contributed by atoms with Crippen molar-refractivity contribution in [3.63, 3.8) is 0 Å². The lowest BCUT2D eigenvalue weighted by atomic mass is 10.1. The summed E-state index contributed by atoms with van der Waals surface area (Å²) in [5.74, 6) is 0. The highest BCUT2D eigenvalue weighted by Gasteiger charge is 2.10. The zero-order chi connectivity index (χ0) is 6.81. The molecular weight excluding hydrogens is 124 g/mol. The molecule has 2 N–H and O–H groups in total. The van der Waals surface area contributed by atoms with E-state index in [0.717, 1.165) is 25.9 Å². The molecule has 0 atom stereocenters. The van der Waals surface area contributed by atoms with Gasteiger partial charge >= 0.3 is 0 Å². The second-order valence-corrected chi connectivity index (χ2v) is 2.67. The average Bonchev–Trinajstić information content (AvgIpc) is 2.05. The van der Waals surface area contributed by atoms with Crippen molar-refractivity contribution in [2.45, 2.75) is 12.8 Å². The Bertz CT molecular complexity index is 169. The van der Waals surface area contributed by atoms with Crippen LogP contribution in [0.5, 0.6) is 0 Å². The van der Waals surface area contributed by atoms with E-state index in [1.807, 2.05) is 0 Å². The number of hydrogen-bond acceptors (Lipinski definition) is 2. The maximum absolute atomic E-state index is 3.35. The fourth-order valence-corrected chi connectivity index (χ4v) is 1.40. The Morgan fingerprint density at radius 3 is 1.90 bits per heavy atom. The summed E-state index contributed by atoms with van der Waals surface area (Å²) in [4.78, 5) is 0. The van der Waals surface area contributed by atoms with Gasteiger partial charge in [-0.2, -0.15) is 0 Å². The van der Waals surface area contributed by atoms with Gasteiger partial charge in [0.25, 0.3) is 0 Å². The van der Waals surface area contributed by atoms with Crippen molar-refractivity contribution >= 4 is 0 Å². The largest absolute Gasteiger partial charge is 0.383 e. The highest BCUT2D eigenvalue weighted by atomic mass is 15.0. The summed E-state index contributed by atoms with van der Waals surface area (Å²) in [5, 5.41) is 6.70. The quantitative estimate of drug-likeness (QED) is 0.513. The molecule has 2 nitrogen and oxygen atoms in total. The minimum atomic E-state index is 1.09. The molecule has 2 heterocycles. The summed E-state index contributed by atoms with van der Waals surface area (Å²) in [7, 11) is 0. The lowest BCUT2D eigenvalue weighted by Crippen LogP contribution is -2.31. The third-order valence-electron chi connectivity index (χ3n) is 1.91. The van der Waals surface area contributed by atoms with Gasteiger partial charge in [-0.05, 0) is 12.8 Å². The van der Waals surface area contributed by atoms with Crippen LogP contribution in [0.2, 0.25) is 0 Å². The Hall–Kier alpha value is -0.920. The van der Waals surface area contributed by atoms with Crippen molar-refractivity contribution in [2.24, 2.45) is 0 Å². The van der Waals surface area contributed by atoms with Crippen LogP contribution >= 0.6 is 0 Å². The van der Waals surface area contributed by atoms with Gasteiger partial charge in [0.05, 0.1) is 11.4 Å². The number of nitrogens with one attached hydrogen (secondary N) is 2. The lowest BCUT2D eigenvalue weighted by Gasteiger charge is -2.23. The first kappa shape index (κ1) is 5.83. The predicted molar refractivity (Wildman–Crippen MR) is 41.4 cm³/mol. The molecule has 0 amide bonds. The van der Waals surface area contributed by atoms with Crippen LogP contribution in [0.1, 0.15) is 12.8 Å². The average molecular weight is 136 g/mol. The Labute approximate surface area is 61.0 Å². The van der Waals surface area contributed by atoms with Gasteiger partial charge in [-0.3, -0.25) is 0 Å². The van der Waals surface area contributed by atoms with Crippen LogP contribution in [-0.2, 0) is 0 Å². The van der Waals surface area contributed by atoms with Crippen LogP contribution < -0.4 is 10.6 Å². The van der Waals surface area contributed by atoms with Crippen molar-refractivity contribution in [3.05, 3.63) is 23.5 Å². The van der Waals surface area contributed by atoms with E-state index in [0.29, 0.717) is 0 Å². The summed E-state index contributed by atoms with van der Waals surface area (Å²) < 4.78 is 0. The summed E-state index contributed by atoms with van der Waals surface area (Å²) >= 11 is 0. The molecule has 0 aliphatic carbocycles. The van der Waals surface area contributed by atoms with Gasteiger partial charge in [0.1, 0.15) is 0 Å². The predicted octanol–water partition coefficient (Wildman–Crippen LogP) is 0.741. The van der Waals surface area contributed by atoms with Crippen molar-refractivity contribution in [1.82, 2.24) is 10.6 Å². The van der Waals surface area contributed by atoms with Gasteiger partial charge in [0, 0.05) is 13.1 Å². The Morgan fingerprint density at radius 2 is 1.40 bits per heavy atom. The lowest BCUT2D eigenvalue weighted by molar-refractivity contribution is 0.676. The van der Waals surface area contributed by atoms with E-state index >= 15 is 0 Å². The van der Waals surface area contributed by atoms with Crippen LogP contribution in [-0.4, -0.2) is 13.1 Å². The molecule has 0 aromatic rings. The first-order chi connectivity index (χ1) is 4.97. The fraction of sp³-hybridized carbons (Fsp3) is 0.500. The summed E-state index contributed by atoms with van der Waals surface area (Å²) in [5.41, 5.74) is 2.61. The van der Waals surface area contributed by atoms with Crippen LogP contribution in [0.15, 0.2) is 23.5 Å². The van der Waals surface area contributed by atoms with E-state index in [-0.39, 0.29) is 0 Å². The molecule has 0 saturated heterocycles. The van der Waals surface area contributed by atoms with Gasteiger partial charge in [-0.15, -0.1) is 0 Å². The van der Waals surface area contributed by atoms with Gasteiger partial charge in [0.2, 0.25) is 0 Å². The van der Waals surface area contributed by atoms with E-state index < -0.39 is 0 Å². The second kappa shape index (κ2) is 2.37. The molecule has 0 bridgehead atoms. The smallest absolute Gasteiger partial charge is 0.0532 e. The molecule has 0 unspecified atom stereocenters. The molecule has 10 heavy (non-hydrogen) atoms. The number of fused-ring (bicyclic) bond motifs is 1. The summed E-state index contributed by atoms with van der Waals surface area (Å²) in [6.07, 6.45) is 6.84. The third-order valence-corrected chi connectivity index (χ3v) is 1.91. The molecule has 0 aromatic heterocycles. The van der Waals surface area contributed by atoms with E-state index in [1.165, 1.54) is 11.4 Å². The molecule has 2 aliphatic heterocycles. The summed E-state index contributed by atoms with van der Waals surface area (Å²) in [6.45, 7) is 2.19. The van der Waals surface area contributed by atoms with Crippen molar-refractivity contribution in [3.8, 4) is 0 Å². The molecule has 0 aromatic carbocycles. The highest BCUT2D eigenvalue weighted by molar-refractivity contribution is 5.32. The van der Waals surface area contributed by atoms with Crippen molar-refractivity contribution < 1.29 is 0 Å². The van der Waals surface area contributed by atoms with Crippen molar-refractivity contribution in [2.75, 3.05) is 13.1 Å². The minimum Gasteiger partial charge on any atom is -0.383 e. The van der Waals surface area contributed by atoms with E-state index in [9.17, 15) is 0 Å². The second-order valence-electron chi connectivity index (χ2n) is 2.67. The number of rotatable bonds is 0. The Kier molecular flexibility index (Phi) is 1.38. The minimum absolute atomic E-state index is 1.09. The first-order valence-corrected chi connectivity index (χ1v) is 3.85. The molecule has 54 valence electrons. The molecule has 0 fully saturated rings. The maximum Gasteiger partial charge on any atom is 0.0532 e. The summed E-state index contributed by atoms with van der Waals surface area (Å²) in [6, 6.07) is 0. The van der Waals surface area contributed by atoms with Crippen molar-refractivity contribution in [1.29, 1.82) is 0 Å². The molecule has 0 radical (unpaired) electrons. The van der Waals surface area contributed by atoms with E-state index in [2.05, 4.69) is 22.8 Å². The SMILES string of the molecule is C1=C2NCCC=C2NCC1. The molecule has 0 spiro atoms. The van der Waals surface area contributed by atoms with Crippen LogP contribution in [0.4, 0.5) is 0 Å². The molecule has 2 aliphatic rings. The van der Waals surface area contributed by atoms with E-state index in [4.69, 9.17) is 0 Å². The first-order valence-electron chi connectivity index (χ1n) is 3.85. The van der Waals surface area contributed by atoms with Gasteiger partial charge in [-0.25, -0.2) is 0 Å². The monoisotopic (exact) mass is 136 g/mol. The zero-order valence-corrected chi connectivity index (χ0v) is 5.98. The molecule has 0 saturated carbocycles. The van der Waals surface area contributed by atoms with Crippen LogP contribution in [0.3, 0.4) is 0 Å². The molecule has 2 heteroatoms. The number of hydrogen-bond donors (Lipinski definition) is 2. The van der Waals surface area contributed by atoms with Crippen LogP contribution in [0, 0.1) is 0 Å². The Balaban J connectivity index is 2.25. The van der Waals surface area contributed by atoms with Crippen LogP contribution in [0.25, 0.3) is 0 Å². The standard InChI is InChI=1S/C8H12N2/c1-3-7-8(9-5-1)4-2-6-10-7/h3-4,9-10H,1-2,5-6H2. The van der Waals surface area contributed by atoms with E-state index in [1.54, 1.807) is 0 Å². The van der Waals surface area contributed by atoms with Gasteiger partial charge in [0.15, 0.2) is 0 Å².